The van der Waals surface area contributed by atoms with Crippen molar-refractivity contribution in [3.8, 4) is 22.8 Å². The van der Waals surface area contributed by atoms with Gasteiger partial charge < -0.3 is 15.2 Å². The van der Waals surface area contributed by atoms with E-state index < -0.39 is 10.8 Å². The van der Waals surface area contributed by atoms with Crippen LogP contribution in [0.5, 0.6) is 11.5 Å². The lowest BCUT2D eigenvalue weighted by Crippen LogP contribution is -2.12. The van der Waals surface area contributed by atoms with Crippen LogP contribution in [0.4, 0.5) is 10.2 Å². The minimum Gasteiger partial charge on any atom is -0.490 e. The predicted molar refractivity (Wildman–Crippen MR) is 130 cm³/mol. The Labute approximate surface area is 196 Å². The number of ether oxygens (including phenoxy) is 2. The van der Waals surface area contributed by atoms with Crippen LogP contribution in [0.1, 0.15) is 37.9 Å². The van der Waals surface area contributed by atoms with Crippen molar-refractivity contribution in [2.45, 2.75) is 38.5 Å². The van der Waals surface area contributed by atoms with Gasteiger partial charge in [-0.3, -0.25) is 4.21 Å². The first-order chi connectivity index (χ1) is 15.7. The molecule has 0 spiro atoms. The van der Waals surface area contributed by atoms with Crippen molar-refractivity contribution < 1.29 is 18.1 Å². The van der Waals surface area contributed by atoms with Gasteiger partial charge in [-0.1, -0.05) is 20.8 Å². The molecule has 2 aromatic carbocycles. The Morgan fingerprint density at radius 2 is 1.73 bits per heavy atom. The van der Waals surface area contributed by atoms with Gasteiger partial charge in [-0.05, 0) is 55.2 Å². The fraction of sp³-hybridized carbons (Fsp3) is 0.360. The Balaban J connectivity index is 1.77. The third-order valence-electron chi connectivity index (χ3n) is 5.60. The Kier molecular flexibility index (Phi) is 8.02. The Morgan fingerprint density at radius 3 is 2.36 bits per heavy atom. The van der Waals surface area contributed by atoms with Crippen molar-refractivity contribution in [2.24, 2.45) is 5.92 Å². The molecule has 0 radical (unpaired) electrons. The Morgan fingerprint density at radius 1 is 1.06 bits per heavy atom. The molecular formula is C25H30FN3O3S. The van der Waals surface area contributed by atoms with E-state index in [0.717, 1.165) is 5.56 Å². The lowest BCUT2D eigenvalue weighted by molar-refractivity contribution is 0.215. The molecule has 3 rings (SSSR count). The summed E-state index contributed by atoms with van der Waals surface area (Å²) in [6.45, 7) is 8.56. The molecule has 0 amide bonds. The summed E-state index contributed by atoms with van der Waals surface area (Å²) in [6, 6.07) is 9.90. The quantitative estimate of drug-likeness (QED) is 0.436. The third-order valence-corrected chi connectivity index (χ3v) is 6.52. The highest BCUT2D eigenvalue weighted by Gasteiger charge is 2.17. The molecule has 2 N–H and O–H groups in total. The summed E-state index contributed by atoms with van der Waals surface area (Å²) >= 11 is 0. The lowest BCUT2D eigenvalue weighted by Gasteiger charge is -2.20. The summed E-state index contributed by atoms with van der Waals surface area (Å²) in [5.41, 5.74) is 8.50. The van der Waals surface area contributed by atoms with Gasteiger partial charge in [-0.2, -0.15) is 0 Å². The van der Waals surface area contributed by atoms with E-state index in [4.69, 9.17) is 15.2 Å². The maximum absolute atomic E-state index is 13.8. The molecule has 3 aromatic rings. The molecule has 176 valence electrons. The van der Waals surface area contributed by atoms with Crippen LogP contribution in [-0.4, -0.2) is 33.6 Å². The minimum absolute atomic E-state index is 0.151. The maximum atomic E-state index is 13.8. The minimum atomic E-state index is -1.16. The van der Waals surface area contributed by atoms with Crippen LogP contribution in [0.2, 0.25) is 0 Å². The van der Waals surface area contributed by atoms with E-state index in [1.165, 1.54) is 12.1 Å². The van der Waals surface area contributed by atoms with E-state index in [2.05, 4.69) is 30.7 Å². The van der Waals surface area contributed by atoms with Crippen molar-refractivity contribution in [3.63, 3.8) is 0 Å². The third kappa shape index (κ3) is 6.07. The smallest absolute Gasteiger partial charge is 0.144 e. The van der Waals surface area contributed by atoms with Crippen molar-refractivity contribution >= 4 is 16.6 Å². The highest BCUT2D eigenvalue weighted by molar-refractivity contribution is 7.84. The van der Waals surface area contributed by atoms with Crippen LogP contribution in [0.15, 0.2) is 47.5 Å². The summed E-state index contributed by atoms with van der Waals surface area (Å²) in [5, 5.41) is 0. The zero-order valence-corrected chi connectivity index (χ0v) is 20.4. The second kappa shape index (κ2) is 10.7. The number of aromatic nitrogens is 2. The highest BCUT2D eigenvalue weighted by atomic mass is 32.2. The first kappa shape index (κ1) is 24.6. The molecule has 6 nitrogen and oxygen atoms in total. The average Bonchev–Trinajstić information content (AvgIpc) is 2.78. The fourth-order valence-corrected chi connectivity index (χ4v) is 3.85. The van der Waals surface area contributed by atoms with E-state index in [9.17, 15) is 8.60 Å². The van der Waals surface area contributed by atoms with Crippen LogP contribution in [0, 0.1) is 18.7 Å². The number of nitrogen functional groups attached to an aromatic ring is 1. The molecule has 2 atom stereocenters. The molecule has 0 fully saturated rings. The van der Waals surface area contributed by atoms with Crippen molar-refractivity contribution in [1.82, 2.24) is 9.97 Å². The number of anilines is 1. The average molecular weight is 472 g/mol. The summed E-state index contributed by atoms with van der Waals surface area (Å²) in [7, 11) is -1.16. The predicted octanol–water partition coefficient (Wildman–Crippen LogP) is 5.13. The van der Waals surface area contributed by atoms with Crippen LogP contribution in [0.3, 0.4) is 0 Å². The summed E-state index contributed by atoms with van der Waals surface area (Å²) in [4.78, 5) is 9.34. The van der Waals surface area contributed by atoms with Gasteiger partial charge in [-0.25, -0.2) is 14.4 Å². The van der Waals surface area contributed by atoms with Gasteiger partial charge in [0.1, 0.15) is 36.3 Å². The Hall–Kier alpha value is -3.00. The van der Waals surface area contributed by atoms with Gasteiger partial charge in [0, 0.05) is 33.1 Å². The largest absolute Gasteiger partial charge is 0.490 e. The van der Waals surface area contributed by atoms with Crippen LogP contribution >= 0.6 is 0 Å². The summed E-state index contributed by atoms with van der Waals surface area (Å²) < 4.78 is 37.7. The zero-order valence-electron chi connectivity index (χ0n) is 19.6. The van der Waals surface area contributed by atoms with Crippen molar-refractivity contribution in [2.75, 3.05) is 25.2 Å². The standard InChI is InChI=1S/C25H30FN3O3S/c1-15(2)16(3)20-12-18(26)6-8-23(20)31-10-11-32-24-9-7-19(33(5)30)13-21(24)22-14-28-25(27)17(4)29-22/h6-9,12-16H,10-11H2,1-5H3,(H2,27,28). The molecule has 0 bridgehead atoms. The Bertz CT molecular complexity index is 1150. The number of nitrogens with zero attached hydrogens (tertiary/aromatic N) is 2. The highest BCUT2D eigenvalue weighted by Crippen LogP contribution is 2.33. The molecule has 0 aliphatic carbocycles. The second-order valence-electron chi connectivity index (χ2n) is 8.25. The van der Waals surface area contributed by atoms with Crippen molar-refractivity contribution in [3.05, 3.63) is 59.7 Å². The van der Waals surface area contributed by atoms with Gasteiger partial charge >= 0.3 is 0 Å². The molecule has 8 heteroatoms. The molecule has 0 saturated carbocycles. The number of rotatable bonds is 9. The van der Waals surface area contributed by atoms with Gasteiger partial charge in [0.15, 0.2) is 0 Å². The van der Waals surface area contributed by atoms with E-state index in [-0.39, 0.29) is 24.9 Å². The van der Waals surface area contributed by atoms with Crippen LogP contribution in [0.25, 0.3) is 11.3 Å². The SMILES string of the molecule is Cc1nc(-c2cc(S(C)=O)ccc2OCCOc2ccc(F)cc2C(C)C(C)C)cnc1N. The zero-order chi connectivity index (χ0) is 24.1. The van der Waals surface area contributed by atoms with Crippen LogP contribution in [-0.2, 0) is 10.8 Å². The topological polar surface area (TPSA) is 87.3 Å². The van der Waals surface area contributed by atoms with E-state index in [1.54, 1.807) is 43.6 Å². The molecule has 2 unspecified atom stereocenters. The maximum Gasteiger partial charge on any atom is 0.144 e. The molecular weight excluding hydrogens is 441 g/mol. The number of nitrogens with two attached hydrogens (primary N) is 1. The van der Waals surface area contributed by atoms with E-state index >= 15 is 0 Å². The fourth-order valence-electron chi connectivity index (χ4n) is 3.30. The summed E-state index contributed by atoms with van der Waals surface area (Å²) in [6.07, 6.45) is 3.19. The van der Waals surface area contributed by atoms with E-state index in [0.29, 0.717) is 45.1 Å². The van der Waals surface area contributed by atoms with Gasteiger partial charge in [0.05, 0.1) is 17.6 Å². The van der Waals surface area contributed by atoms with E-state index in [1.807, 2.05) is 0 Å². The molecule has 33 heavy (non-hydrogen) atoms. The second-order valence-corrected chi connectivity index (χ2v) is 9.63. The number of benzene rings is 2. The van der Waals surface area contributed by atoms with Crippen molar-refractivity contribution in [1.29, 1.82) is 0 Å². The molecule has 0 saturated heterocycles. The molecule has 1 heterocycles. The number of hydrogen-bond donors (Lipinski definition) is 1. The van der Waals surface area contributed by atoms with Gasteiger partial charge in [0.2, 0.25) is 0 Å². The van der Waals surface area contributed by atoms with Gasteiger partial charge in [-0.15, -0.1) is 0 Å². The van der Waals surface area contributed by atoms with Crippen LogP contribution < -0.4 is 15.2 Å². The summed E-state index contributed by atoms with van der Waals surface area (Å²) in [5.74, 6) is 1.80. The monoisotopic (exact) mass is 471 g/mol. The first-order valence-electron chi connectivity index (χ1n) is 10.8. The first-order valence-corrected chi connectivity index (χ1v) is 12.3. The molecule has 0 aliphatic heterocycles. The number of aryl methyl sites for hydroxylation is 1. The molecule has 0 aliphatic rings. The van der Waals surface area contributed by atoms with Gasteiger partial charge in [0.25, 0.3) is 0 Å². The molecule has 1 aromatic heterocycles. The number of halogens is 1. The number of hydrogen-bond acceptors (Lipinski definition) is 6. The lowest BCUT2D eigenvalue weighted by atomic mass is 9.89. The normalized spacial score (nSPS) is 13.1.